The number of rotatable bonds is 2. The highest BCUT2D eigenvalue weighted by Crippen LogP contribution is 2.53. The number of aliphatic hydroxyl groups excluding tert-OH is 1. The highest BCUT2D eigenvalue weighted by Gasteiger charge is 2.60. The van der Waals surface area contributed by atoms with Crippen molar-refractivity contribution in [1.29, 1.82) is 5.26 Å². The minimum absolute atomic E-state index is 0.0256. The second-order valence-corrected chi connectivity index (χ2v) is 5.83. The van der Waals surface area contributed by atoms with Gasteiger partial charge >= 0.3 is 6.18 Å². The number of hydrogen-bond donors (Lipinski definition) is 1. The first kappa shape index (κ1) is 14.4. The number of aliphatic hydroxyl groups is 1. The lowest BCUT2D eigenvalue weighted by Crippen LogP contribution is -2.49. The van der Waals surface area contributed by atoms with Crippen LogP contribution in [0.4, 0.5) is 18.9 Å². The molecule has 1 aliphatic carbocycles. The van der Waals surface area contributed by atoms with Crippen LogP contribution in [0.5, 0.6) is 0 Å². The number of halogens is 4. The van der Waals surface area contributed by atoms with Crippen molar-refractivity contribution in [3.63, 3.8) is 0 Å². The molecule has 1 N–H and O–H groups in total. The lowest BCUT2D eigenvalue weighted by atomic mass is 10.1. The van der Waals surface area contributed by atoms with Crippen molar-refractivity contribution in [2.45, 2.75) is 24.7 Å². The molecule has 1 aliphatic heterocycles. The van der Waals surface area contributed by atoms with E-state index in [1.165, 1.54) is 17.2 Å². The predicted octanol–water partition coefficient (Wildman–Crippen LogP) is 2.35. The molecule has 0 amide bonds. The lowest BCUT2D eigenvalue weighted by Gasteiger charge is -2.33. The summed E-state index contributed by atoms with van der Waals surface area (Å²) in [4.78, 5) is 5.34. The van der Waals surface area contributed by atoms with E-state index in [1.54, 1.807) is 6.07 Å². The van der Waals surface area contributed by atoms with Crippen LogP contribution in [-0.4, -0.2) is 35.0 Å². The Kier molecular flexibility index (Phi) is 3.26. The zero-order chi connectivity index (χ0) is 15.4. The first-order chi connectivity index (χ1) is 9.82. The van der Waals surface area contributed by atoms with Gasteiger partial charge in [0, 0.05) is 6.54 Å². The first-order valence-electron chi connectivity index (χ1n) is 6.40. The van der Waals surface area contributed by atoms with E-state index in [9.17, 15) is 18.3 Å². The molecule has 0 unspecified atom stereocenters. The number of pyridine rings is 1. The zero-order valence-corrected chi connectivity index (χ0v) is 11.4. The minimum atomic E-state index is -4.66. The van der Waals surface area contributed by atoms with Gasteiger partial charge < -0.3 is 10.0 Å². The topological polar surface area (TPSA) is 60.2 Å². The molecule has 1 saturated carbocycles. The summed E-state index contributed by atoms with van der Waals surface area (Å²) in [7, 11) is 0. The van der Waals surface area contributed by atoms with Gasteiger partial charge in [-0.3, -0.25) is 0 Å². The van der Waals surface area contributed by atoms with E-state index in [4.69, 9.17) is 16.9 Å². The molecule has 1 saturated heterocycles. The van der Waals surface area contributed by atoms with Crippen LogP contribution in [-0.2, 0) is 0 Å². The van der Waals surface area contributed by atoms with Gasteiger partial charge in [0.05, 0.1) is 22.9 Å². The predicted molar refractivity (Wildman–Crippen MR) is 68.8 cm³/mol. The Bertz CT molecular complexity index is 616. The summed E-state index contributed by atoms with van der Waals surface area (Å²) >= 11 is 5.88. The van der Waals surface area contributed by atoms with Gasteiger partial charge in [0.1, 0.15) is 6.07 Å². The van der Waals surface area contributed by atoms with E-state index in [0.29, 0.717) is 18.7 Å². The maximum Gasteiger partial charge on any atom is 0.416 e. The fourth-order valence-corrected chi connectivity index (χ4v) is 3.25. The molecular weight excluding hydrogens is 307 g/mol. The Morgan fingerprint density at radius 2 is 2.24 bits per heavy atom. The summed E-state index contributed by atoms with van der Waals surface area (Å²) < 4.78 is 38.5. The van der Waals surface area contributed by atoms with Crippen molar-refractivity contribution >= 4 is 17.3 Å². The van der Waals surface area contributed by atoms with E-state index in [2.05, 4.69) is 4.98 Å². The summed E-state index contributed by atoms with van der Waals surface area (Å²) in [5.41, 5.74) is 0.428. The molecule has 112 valence electrons. The number of anilines is 1. The highest BCUT2D eigenvalue weighted by atomic mass is 35.5. The van der Waals surface area contributed by atoms with Crippen LogP contribution in [0.3, 0.4) is 0 Å². The van der Waals surface area contributed by atoms with Gasteiger partial charge in [0.25, 0.3) is 0 Å². The van der Waals surface area contributed by atoms with Crippen LogP contribution in [0.15, 0.2) is 12.3 Å². The lowest BCUT2D eigenvalue weighted by molar-refractivity contribution is -0.210. The second kappa shape index (κ2) is 4.75. The van der Waals surface area contributed by atoms with E-state index >= 15 is 0 Å². The quantitative estimate of drug-likeness (QED) is 0.909. The first-order valence-corrected chi connectivity index (χ1v) is 6.77. The molecule has 2 aliphatic rings. The number of aromatic nitrogens is 1. The van der Waals surface area contributed by atoms with E-state index in [-0.39, 0.29) is 22.6 Å². The highest BCUT2D eigenvalue weighted by molar-refractivity contribution is 6.31. The average molecular weight is 318 g/mol. The van der Waals surface area contributed by atoms with Gasteiger partial charge in [-0.15, -0.1) is 0 Å². The van der Waals surface area contributed by atoms with Crippen molar-refractivity contribution in [1.82, 2.24) is 4.98 Å². The van der Waals surface area contributed by atoms with Crippen LogP contribution in [0, 0.1) is 23.2 Å². The van der Waals surface area contributed by atoms with Gasteiger partial charge in [-0.1, -0.05) is 11.6 Å². The van der Waals surface area contributed by atoms with Gasteiger partial charge in [0.2, 0.25) is 0 Å². The second-order valence-electron chi connectivity index (χ2n) is 5.42. The summed E-state index contributed by atoms with van der Waals surface area (Å²) in [6, 6.07) is 2.21. The minimum Gasteiger partial charge on any atom is -0.382 e. The van der Waals surface area contributed by atoms with E-state index < -0.39 is 18.3 Å². The molecule has 3 rings (SSSR count). The molecule has 0 radical (unpaired) electrons. The summed E-state index contributed by atoms with van der Waals surface area (Å²) in [6.07, 6.45) is -5.04. The SMILES string of the molecule is N#Cc1ncc(N2C[C@H]3C[C@H]3[C@@H]2[C@@H](O)C(F)(F)F)cc1Cl. The third-order valence-electron chi connectivity index (χ3n) is 4.13. The number of piperidine rings is 1. The Balaban J connectivity index is 1.91. The van der Waals surface area contributed by atoms with Crippen LogP contribution in [0.1, 0.15) is 12.1 Å². The molecule has 0 aromatic carbocycles. The normalized spacial score (nSPS) is 29.0. The molecule has 4 nitrogen and oxygen atoms in total. The van der Waals surface area contributed by atoms with E-state index in [0.717, 1.165) is 0 Å². The molecule has 2 fully saturated rings. The van der Waals surface area contributed by atoms with Gasteiger partial charge in [-0.25, -0.2) is 4.98 Å². The summed E-state index contributed by atoms with van der Waals surface area (Å²) in [5.74, 6) is 0.0115. The number of fused-ring (bicyclic) bond motifs is 1. The number of alkyl halides is 3. The van der Waals surface area contributed by atoms with Crippen molar-refractivity contribution < 1.29 is 18.3 Å². The Morgan fingerprint density at radius 3 is 2.81 bits per heavy atom. The van der Waals surface area contributed by atoms with Crippen molar-refractivity contribution in [2.75, 3.05) is 11.4 Å². The Hall–Kier alpha value is -1.52. The maximum atomic E-state index is 12.8. The van der Waals surface area contributed by atoms with Crippen molar-refractivity contribution in [3.05, 3.63) is 23.0 Å². The fraction of sp³-hybridized carbons (Fsp3) is 0.538. The molecule has 0 spiro atoms. The van der Waals surface area contributed by atoms with Crippen LogP contribution < -0.4 is 4.90 Å². The number of hydrogen-bond acceptors (Lipinski definition) is 4. The van der Waals surface area contributed by atoms with Crippen molar-refractivity contribution in [3.8, 4) is 6.07 Å². The van der Waals surface area contributed by atoms with Crippen LogP contribution in [0.25, 0.3) is 0 Å². The third kappa shape index (κ3) is 2.43. The molecular formula is C13H11ClF3N3O. The molecule has 21 heavy (non-hydrogen) atoms. The Morgan fingerprint density at radius 1 is 1.52 bits per heavy atom. The summed E-state index contributed by atoms with van der Waals surface area (Å²) in [6.45, 7) is 0.437. The molecule has 4 atom stereocenters. The molecule has 8 heteroatoms. The third-order valence-corrected chi connectivity index (χ3v) is 4.42. The molecule has 1 aromatic heterocycles. The van der Waals surface area contributed by atoms with Gasteiger partial charge in [0.15, 0.2) is 11.8 Å². The smallest absolute Gasteiger partial charge is 0.382 e. The zero-order valence-electron chi connectivity index (χ0n) is 10.7. The largest absolute Gasteiger partial charge is 0.416 e. The van der Waals surface area contributed by atoms with Crippen LogP contribution >= 0.6 is 11.6 Å². The monoisotopic (exact) mass is 317 g/mol. The maximum absolute atomic E-state index is 12.8. The van der Waals surface area contributed by atoms with Crippen LogP contribution in [0.2, 0.25) is 5.02 Å². The number of nitrogens with zero attached hydrogens (tertiary/aromatic N) is 3. The Labute approximate surface area is 123 Å². The summed E-state index contributed by atoms with van der Waals surface area (Å²) in [5, 5.41) is 18.5. The fourth-order valence-electron chi connectivity index (χ4n) is 3.05. The standard InChI is InChI=1S/C13H11ClF3N3O/c14-9-2-7(4-19-10(9)3-18)20-5-6-1-8(6)11(20)12(21)13(15,16)17/h2,4,6,8,11-12,21H,1,5H2/t6-,8-,11-,12-/m1/s1. The number of nitriles is 1. The van der Waals surface area contributed by atoms with Crippen molar-refractivity contribution in [2.24, 2.45) is 11.8 Å². The average Bonchev–Trinajstić information content (AvgIpc) is 3.08. The van der Waals surface area contributed by atoms with Gasteiger partial charge in [-0.2, -0.15) is 18.4 Å². The molecule has 0 bridgehead atoms. The van der Waals surface area contributed by atoms with Gasteiger partial charge in [-0.05, 0) is 24.3 Å². The molecule has 2 heterocycles. The molecule has 1 aromatic rings. The van der Waals surface area contributed by atoms with E-state index in [1.807, 2.05) is 0 Å².